The molecular formula is C51H62Cl3N2O7P. The Morgan fingerprint density at radius 2 is 1.17 bits per heavy atom. The van der Waals surface area contributed by atoms with Crippen molar-refractivity contribution in [2.24, 2.45) is 5.92 Å². The third-order valence-electron chi connectivity index (χ3n) is 11.9. The molecule has 5 rings (SSSR count). The Morgan fingerprint density at radius 1 is 0.703 bits per heavy atom. The fourth-order valence-corrected chi connectivity index (χ4v) is 13.4. The largest absolute Gasteiger partial charge is 0.477 e. The molecule has 1 aliphatic rings. The van der Waals surface area contributed by atoms with Crippen LogP contribution in [-0.4, -0.2) is 66.8 Å². The smallest absolute Gasteiger partial charge is 0.407 e. The van der Waals surface area contributed by atoms with Crippen LogP contribution in [0.3, 0.4) is 0 Å². The van der Waals surface area contributed by atoms with Crippen molar-refractivity contribution in [1.82, 2.24) is 10.2 Å². The molecule has 0 spiro atoms. The van der Waals surface area contributed by atoms with Crippen molar-refractivity contribution in [3.05, 3.63) is 126 Å². The van der Waals surface area contributed by atoms with E-state index in [1.54, 1.807) is 24.3 Å². The number of benzene rings is 4. The number of ketones is 1. The van der Waals surface area contributed by atoms with Crippen LogP contribution in [0.4, 0.5) is 4.79 Å². The summed E-state index contributed by atoms with van der Waals surface area (Å²) in [6.07, 6.45) is 13.6. The number of ether oxygens (including phenoxy) is 1. The number of nitrogens with zero attached hydrogens (tertiary/aromatic N) is 1. The van der Waals surface area contributed by atoms with Crippen LogP contribution in [0.2, 0.25) is 0 Å². The molecule has 4 aromatic carbocycles. The van der Waals surface area contributed by atoms with Gasteiger partial charge in [0.25, 0.3) is 0 Å². The molecule has 3 N–H and O–H groups in total. The summed E-state index contributed by atoms with van der Waals surface area (Å²) in [7, 11) is 0. The molecule has 0 aliphatic carbocycles. The number of carbonyl (C=O) groups excluding carboxylic acids is 3. The first-order chi connectivity index (χ1) is 30.8. The van der Waals surface area contributed by atoms with E-state index >= 15 is 0 Å². The van der Waals surface area contributed by atoms with Crippen molar-refractivity contribution in [1.29, 1.82) is 0 Å². The summed E-state index contributed by atoms with van der Waals surface area (Å²) < 4.78 is 4.35. The molecule has 2 amide bonds. The molecule has 0 aromatic heterocycles. The summed E-state index contributed by atoms with van der Waals surface area (Å²) in [4.78, 5) is 55.9. The number of amides is 2. The maximum atomic E-state index is 14.2. The number of likely N-dealkylation sites (tertiary alicyclic amines) is 1. The highest BCUT2D eigenvalue weighted by Crippen LogP contribution is 2.50. The van der Waals surface area contributed by atoms with Gasteiger partial charge in [0, 0.05) is 25.4 Å². The highest BCUT2D eigenvalue weighted by molar-refractivity contribution is 7.96. The average molecular weight is 952 g/mol. The van der Waals surface area contributed by atoms with Crippen LogP contribution in [0.25, 0.3) is 0 Å². The number of alkyl carbamates (subject to hydrolysis) is 1. The average Bonchev–Trinajstić information content (AvgIpc) is 3.28. The Labute approximate surface area is 393 Å². The monoisotopic (exact) mass is 950 g/mol. The lowest BCUT2D eigenvalue weighted by Crippen LogP contribution is -2.68. The van der Waals surface area contributed by atoms with E-state index < -0.39 is 46.7 Å². The van der Waals surface area contributed by atoms with Crippen molar-refractivity contribution < 1.29 is 34.1 Å². The molecule has 0 bridgehead atoms. The predicted octanol–water partition coefficient (Wildman–Crippen LogP) is 10.7. The zero-order chi connectivity index (χ0) is 46.0. The van der Waals surface area contributed by atoms with E-state index in [0.29, 0.717) is 24.1 Å². The minimum atomic E-state index is -3.27. The molecule has 1 fully saturated rings. The second-order valence-corrected chi connectivity index (χ2v) is 22.5. The summed E-state index contributed by atoms with van der Waals surface area (Å²) in [5, 5.41) is 27.1. The van der Waals surface area contributed by atoms with Gasteiger partial charge in [0.05, 0.1) is 18.1 Å². The number of β-lactam (4-membered cyclic amide) rings is 1. The number of hydrogen-bond donors (Lipinski definition) is 3. The van der Waals surface area contributed by atoms with Gasteiger partial charge in [0.2, 0.25) is 5.91 Å². The van der Waals surface area contributed by atoms with Gasteiger partial charge in [-0.15, -0.1) is 0 Å². The first-order valence-electron chi connectivity index (χ1n) is 22.6. The van der Waals surface area contributed by atoms with Crippen molar-refractivity contribution >= 4 is 86.8 Å². The number of aliphatic hydroxyl groups excluding tert-OH is 1. The Morgan fingerprint density at radius 3 is 1.62 bits per heavy atom. The summed E-state index contributed by atoms with van der Waals surface area (Å²) >= 11 is 17.4. The Hall–Kier alpha value is -4.11. The van der Waals surface area contributed by atoms with E-state index in [0.717, 1.165) is 48.0 Å². The summed E-state index contributed by atoms with van der Waals surface area (Å²) in [6, 6.07) is 33.8. The van der Waals surface area contributed by atoms with Crippen LogP contribution < -0.4 is 21.2 Å². The molecule has 1 saturated heterocycles. The zero-order valence-electron chi connectivity index (χ0n) is 36.7. The zero-order valence-corrected chi connectivity index (χ0v) is 39.8. The van der Waals surface area contributed by atoms with E-state index in [9.17, 15) is 29.4 Å². The fourth-order valence-electron chi connectivity index (χ4n) is 8.68. The molecule has 1 aliphatic heterocycles. The van der Waals surface area contributed by atoms with Gasteiger partial charge in [-0.25, -0.2) is 9.59 Å². The number of carboxylic acids is 1. The maximum absolute atomic E-state index is 14.2. The number of carboxylic acid groups (broad SMARTS) is 1. The van der Waals surface area contributed by atoms with Gasteiger partial charge in [-0.05, 0) is 53.7 Å². The quantitative estimate of drug-likeness (QED) is 0.0188. The van der Waals surface area contributed by atoms with Crippen molar-refractivity contribution in [2.45, 2.75) is 126 Å². The number of carbonyl (C=O) groups is 4. The van der Waals surface area contributed by atoms with Crippen LogP contribution in [0.5, 0.6) is 0 Å². The normalized spacial score (nSPS) is 15.6. The van der Waals surface area contributed by atoms with E-state index in [1.165, 1.54) is 63.2 Å². The van der Waals surface area contributed by atoms with Crippen LogP contribution in [0, 0.1) is 5.92 Å². The Kier molecular flexibility index (Phi) is 20.3. The number of Topliss-reactive ketones (excluding diaryl/α,β-unsaturated/α-hetero) is 1. The molecule has 344 valence electrons. The van der Waals surface area contributed by atoms with E-state index in [2.05, 4.69) is 5.32 Å². The lowest BCUT2D eigenvalue weighted by atomic mass is 9.79. The summed E-state index contributed by atoms with van der Waals surface area (Å²) in [6.45, 7) is -1.33. The molecule has 3 atom stereocenters. The van der Waals surface area contributed by atoms with Gasteiger partial charge in [0.15, 0.2) is 9.58 Å². The molecule has 9 nitrogen and oxygen atoms in total. The van der Waals surface area contributed by atoms with Gasteiger partial charge < -0.3 is 25.2 Å². The third kappa shape index (κ3) is 14.2. The Bertz CT molecular complexity index is 2060. The highest BCUT2D eigenvalue weighted by atomic mass is 35.6. The van der Waals surface area contributed by atoms with Crippen molar-refractivity contribution in [3.63, 3.8) is 0 Å². The number of unbranched alkanes of at least 4 members (excludes halogenated alkanes) is 12. The van der Waals surface area contributed by atoms with Crippen LogP contribution >= 0.6 is 41.7 Å². The first-order valence-corrected chi connectivity index (χ1v) is 25.5. The van der Waals surface area contributed by atoms with Gasteiger partial charge in [-0.3, -0.25) is 9.59 Å². The fraction of sp³-hybridized carbons (Fsp3) is 0.431. The standard InChI is InChI=1S/C51H62Cl3N2O7P/c1-38(57)46-44(56(47(46)59)48(49(60)61)64(41-27-16-13-17-28-41,42-29-18-14-19-30-42)43-31-20-15-21-32-43)36-45(58)40-26-24-25-39(35-40)37-63-50(62)55-34-23-12-10-8-6-4-2-3-5-7-9-11-22-33-51(52,53)54/h13-21,24-32,35,38,44,46,57H,2-12,22-23,33-34,36-37H2,1H3,(H,55,62)(H,60,61)/t38-,44-,46-/m1/s1. The van der Waals surface area contributed by atoms with Crippen molar-refractivity contribution in [3.8, 4) is 0 Å². The predicted molar refractivity (Wildman–Crippen MR) is 262 cm³/mol. The minimum Gasteiger partial charge on any atom is -0.477 e. The van der Waals surface area contributed by atoms with Crippen LogP contribution in [0.15, 0.2) is 115 Å². The molecule has 0 radical (unpaired) electrons. The van der Waals surface area contributed by atoms with E-state index in [4.69, 9.17) is 39.5 Å². The molecule has 64 heavy (non-hydrogen) atoms. The second-order valence-electron chi connectivity index (χ2n) is 16.6. The van der Waals surface area contributed by atoms with Gasteiger partial charge >= 0.3 is 12.1 Å². The number of aliphatic carboxylic acids is 1. The van der Waals surface area contributed by atoms with Crippen molar-refractivity contribution in [2.75, 3.05) is 6.54 Å². The maximum Gasteiger partial charge on any atom is 0.407 e. The van der Waals surface area contributed by atoms with Crippen LogP contribution in [-0.2, 0) is 20.9 Å². The first kappa shape index (κ1) is 50.9. The van der Waals surface area contributed by atoms with E-state index in [-0.39, 0.29) is 24.2 Å². The van der Waals surface area contributed by atoms with E-state index in [1.807, 2.05) is 91.0 Å². The number of halogens is 3. The summed E-state index contributed by atoms with van der Waals surface area (Å²) in [5.41, 5.74) is 0.804. The summed E-state index contributed by atoms with van der Waals surface area (Å²) in [5.74, 6) is -3.17. The number of aliphatic hydroxyl groups is 1. The second kappa shape index (κ2) is 25.5. The van der Waals surface area contributed by atoms with Gasteiger partial charge in [-0.1, -0.05) is 215 Å². The minimum absolute atomic E-state index is 0.0524. The number of alkyl halides is 3. The van der Waals surface area contributed by atoms with Crippen LogP contribution in [0.1, 0.15) is 119 Å². The lowest BCUT2D eigenvalue weighted by Gasteiger charge is -2.50. The molecule has 13 heteroatoms. The molecule has 4 aromatic rings. The molecule has 0 saturated carbocycles. The highest BCUT2D eigenvalue weighted by Gasteiger charge is 2.55. The Balaban J connectivity index is 1.16. The molecule has 1 heterocycles. The van der Waals surface area contributed by atoms with Gasteiger partial charge in [0.1, 0.15) is 12.0 Å². The number of rotatable bonds is 26. The lowest BCUT2D eigenvalue weighted by molar-refractivity contribution is -0.156. The molecular weight excluding hydrogens is 890 g/mol. The number of nitrogens with one attached hydrogen (secondary N) is 1. The van der Waals surface area contributed by atoms with Gasteiger partial charge in [-0.2, -0.15) is 0 Å². The molecule has 0 unspecified atom stereocenters. The SMILES string of the molecule is C[C@@H](O)[C@H]1C(=O)N(C(C(=O)O)=P(c2ccccc2)(c2ccccc2)c2ccccc2)[C@@H]1CC(=O)c1cccc(COC(=O)NCCCCCCCCCCCCCCCC(Cl)(Cl)Cl)c1. The number of hydrogen-bond acceptors (Lipinski definition) is 6. The third-order valence-corrected chi connectivity index (χ3v) is 16.7. The topological polar surface area (TPSA) is 133 Å².